The number of aliphatic hydroxyl groups excluding tert-OH is 1. The molecule has 0 saturated carbocycles. The summed E-state index contributed by atoms with van der Waals surface area (Å²) in [6.07, 6.45) is 3.77. The minimum absolute atomic E-state index is 0.0353. The van der Waals surface area contributed by atoms with Crippen molar-refractivity contribution in [2.24, 2.45) is 17.8 Å². The summed E-state index contributed by atoms with van der Waals surface area (Å²) >= 11 is 0. The molecule has 2 N–H and O–H groups in total. The predicted octanol–water partition coefficient (Wildman–Crippen LogP) is 2.35. The van der Waals surface area contributed by atoms with Crippen molar-refractivity contribution >= 4 is 29.4 Å². The molecule has 38 heavy (non-hydrogen) atoms. The number of para-hydroxylation sites is 1. The average molecular weight is 520 g/mol. The summed E-state index contributed by atoms with van der Waals surface area (Å²) in [4.78, 5) is 65.6. The second-order valence-corrected chi connectivity index (χ2v) is 10.2. The summed E-state index contributed by atoms with van der Waals surface area (Å²) in [6.45, 7) is 1.50. The maximum absolute atomic E-state index is 13.6. The van der Waals surface area contributed by atoms with Crippen LogP contribution in [0.2, 0.25) is 0 Å². The number of aliphatic carboxylic acids is 1. The Balaban J connectivity index is 1.59. The Labute approximate surface area is 219 Å². The number of aliphatic hydroxyl groups is 1. The molecule has 0 unspecified atom stereocenters. The molecule has 9 heteroatoms. The number of ether oxygens (including phenoxy) is 1. The van der Waals surface area contributed by atoms with Crippen LogP contribution in [0.4, 0.5) is 0 Å². The lowest BCUT2D eigenvalue weighted by molar-refractivity contribution is -0.142. The van der Waals surface area contributed by atoms with Crippen molar-refractivity contribution in [2.45, 2.75) is 38.5 Å². The quantitative estimate of drug-likeness (QED) is 0.303. The fourth-order valence-electron chi connectivity index (χ4n) is 6.40. The van der Waals surface area contributed by atoms with Gasteiger partial charge in [-0.2, -0.15) is 0 Å². The van der Waals surface area contributed by atoms with Crippen LogP contribution in [0.15, 0.2) is 58.7 Å². The van der Waals surface area contributed by atoms with Gasteiger partial charge in [0.2, 0.25) is 11.8 Å². The van der Waals surface area contributed by atoms with Crippen LogP contribution in [0, 0.1) is 17.8 Å². The van der Waals surface area contributed by atoms with Crippen molar-refractivity contribution in [2.75, 3.05) is 19.8 Å². The summed E-state index contributed by atoms with van der Waals surface area (Å²) in [5.74, 6) is -4.07. The van der Waals surface area contributed by atoms with E-state index in [0.717, 1.165) is 5.57 Å². The highest BCUT2D eigenvalue weighted by atomic mass is 16.5. The first-order valence-corrected chi connectivity index (χ1v) is 12.8. The molecule has 1 heterocycles. The molecule has 3 aliphatic carbocycles. The molecule has 0 bridgehead atoms. The lowest BCUT2D eigenvalue weighted by atomic mass is 9.59. The largest absolute Gasteiger partial charge is 0.491 e. The molecule has 1 saturated heterocycles. The number of ketones is 2. The van der Waals surface area contributed by atoms with Crippen LogP contribution in [-0.2, 0) is 24.0 Å². The molecule has 5 rings (SSSR count). The third-order valence-corrected chi connectivity index (χ3v) is 8.01. The van der Waals surface area contributed by atoms with E-state index in [0.29, 0.717) is 34.5 Å². The number of carbonyl (C=O) groups excluding carboxylic acids is 4. The van der Waals surface area contributed by atoms with Crippen LogP contribution in [0.5, 0.6) is 5.75 Å². The Morgan fingerprint density at radius 1 is 1.11 bits per heavy atom. The molecule has 0 radical (unpaired) electrons. The van der Waals surface area contributed by atoms with E-state index in [1.165, 1.54) is 11.0 Å². The number of nitrogens with zero attached hydrogens (tertiary/aromatic N) is 1. The highest BCUT2D eigenvalue weighted by Gasteiger charge is 2.56. The Bertz CT molecular complexity index is 1340. The van der Waals surface area contributed by atoms with Gasteiger partial charge in [0.15, 0.2) is 11.6 Å². The van der Waals surface area contributed by atoms with Crippen molar-refractivity contribution in [3.8, 4) is 5.75 Å². The number of rotatable bonds is 8. The third-order valence-electron chi connectivity index (χ3n) is 8.01. The van der Waals surface area contributed by atoms with Crippen LogP contribution in [0.1, 0.15) is 44.1 Å². The van der Waals surface area contributed by atoms with Gasteiger partial charge in [0.05, 0.1) is 18.4 Å². The van der Waals surface area contributed by atoms with Crippen molar-refractivity contribution in [3.05, 3.63) is 64.3 Å². The molecular formula is C29H29NO8. The summed E-state index contributed by atoms with van der Waals surface area (Å²) in [5, 5.41) is 18.3. The molecule has 9 nitrogen and oxygen atoms in total. The normalized spacial score (nSPS) is 26.5. The lowest BCUT2D eigenvalue weighted by Crippen LogP contribution is -2.40. The molecule has 2 amide bonds. The van der Waals surface area contributed by atoms with Gasteiger partial charge in [0, 0.05) is 41.2 Å². The number of allylic oxidation sites excluding steroid dienone is 6. The number of hydrogen-bond acceptors (Lipinski definition) is 7. The zero-order chi connectivity index (χ0) is 27.1. The first-order chi connectivity index (χ1) is 18.2. The number of hydrogen-bond donors (Lipinski definition) is 2. The highest BCUT2D eigenvalue weighted by molar-refractivity contribution is 6.24. The first-order valence-electron chi connectivity index (χ1n) is 12.8. The summed E-state index contributed by atoms with van der Waals surface area (Å²) in [7, 11) is 0. The van der Waals surface area contributed by atoms with E-state index in [1.807, 2.05) is 18.2 Å². The maximum atomic E-state index is 13.6. The number of carboxylic acid groups (broad SMARTS) is 1. The van der Waals surface area contributed by atoms with E-state index in [9.17, 15) is 29.1 Å². The third kappa shape index (κ3) is 4.20. The molecule has 0 aromatic heterocycles. The van der Waals surface area contributed by atoms with Gasteiger partial charge in [0.1, 0.15) is 12.4 Å². The SMILES string of the molecule is CC1=CC(=O)C2=C(C1=O)[C@@H](c1ccccc1OCCO)C1=CC[C@@H]3C(=O)N(CCCC(=O)O)C(=O)[C@@H]3[C@@H]1C2. The molecule has 4 aliphatic rings. The van der Waals surface area contributed by atoms with Crippen molar-refractivity contribution in [1.82, 2.24) is 4.90 Å². The van der Waals surface area contributed by atoms with Crippen molar-refractivity contribution < 1.29 is 38.9 Å². The van der Waals surface area contributed by atoms with Gasteiger partial charge >= 0.3 is 5.97 Å². The van der Waals surface area contributed by atoms with Crippen LogP contribution in [0.3, 0.4) is 0 Å². The number of likely N-dealkylation sites (tertiary alicyclic amines) is 1. The van der Waals surface area contributed by atoms with E-state index in [1.54, 1.807) is 19.1 Å². The van der Waals surface area contributed by atoms with Crippen LogP contribution in [-0.4, -0.2) is 64.2 Å². The zero-order valence-corrected chi connectivity index (χ0v) is 21.0. The molecule has 4 atom stereocenters. The average Bonchev–Trinajstić information content (AvgIpc) is 3.14. The van der Waals surface area contributed by atoms with Crippen LogP contribution in [0.25, 0.3) is 0 Å². The summed E-state index contributed by atoms with van der Waals surface area (Å²) < 4.78 is 5.81. The van der Waals surface area contributed by atoms with Gasteiger partial charge in [0.25, 0.3) is 0 Å². The van der Waals surface area contributed by atoms with Gasteiger partial charge in [-0.3, -0.25) is 28.9 Å². The Kier molecular flexibility index (Phi) is 6.88. The fourth-order valence-corrected chi connectivity index (χ4v) is 6.40. The molecule has 1 aromatic carbocycles. The second-order valence-electron chi connectivity index (χ2n) is 10.2. The Hall–Kier alpha value is -3.85. The number of carboxylic acids is 1. The Morgan fingerprint density at radius 3 is 2.61 bits per heavy atom. The van der Waals surface area contributed by atoms with Crippen LogP contribution >= 0.6 is 0 Å². The second kappa shape index (κ2) is 10.1. The van der Waals surface area contributed by atoms with Gasteiger partial charge in [-0.25, -0.2) is 0 Å². The van der Waals surface area contributed by atoms with E-state index in [4.69, 9.17) is 9.84 Å². The summed E-state index contributed by atoms with van der Waals surface area (Å²) in [6, 6.07) is 7.16. The number of Topliss-reactive ketones (excluding diaryl/α,β-unsaturated/α-hetero) is 1. The standard InChI is InChI=1S/C29H29NO8/c1-15-13-21(32)20-14-19-16(8-9-18-25(19)29(37)30(28(18)36)10-4-7-23(33)34)24(26(20)27(15)35)17-5-2-3-6-22(17)38-12-11-31/h2-3,5-6,8,13,18-19,24-25,31H,4,7,9-12,14H2,1H3,(H,33,34)/t18-,19+,24+,25-/m0/s1. The number of carbonyl (C=O) groups is 5. The lowest BCUT2D eigenvalue weighted by Gasteiger charge is -2.42. The van der Waals surface area contributed by atoms with Crippen molar-refractivity contribution in [1.29, 1.82) is 0 Å². The smallest absolute Gasteiger partial charge is 0.303 e. The molecule has 1 aromatic rings. The van der Waals surface area contributed by atoms with Gasteiger partial charge < -0.3 is 14.9 Å². The monoisotopic (exact) mass is 519 g/mol. The number of amides is 2. The van der Waals surface area contributed by atoms with E-state index in [2.05, 4.69) is 0 Å². The topological polar surface area (TPSA) is 138 Å². The number of benzene rings is 1. The number of fused-ring (bicyclic) bond motifs is 3. The minimum Gasteiger partial charge on any atom is -0.491 e. The first kappa shape index (κ1) is 25.8. The highest BCUT2D eigenvalue weighted by Crippen LogP contribution is 2.56. The molecular weight excluding hydrogens is 490 g/mol. The fraction of sp³-hybridized carbons (Fsp3) is 0.414. The maximum Gasteiger partial charge on any atom is 0.303 e. The van der Waals surface area contributed by atoms with Gasteiger partial charge in [-0.1, -0.05) is 29.8 Å². The molecule has 198 valence electrons. The summed E-state index contributed by atoms with van der Waals surface area (Å²) in [5.41, 5.74) is 2.56. The zero-order valence-electron chi connectivity index (χ0n) is 21.0. The molecule has 0 spiro atoms. The van der Waals surface area contributed by atoms with Gasteiger partial charge in [-0.15, -0.1) is 0 Å². The Morgan fingerprint density at radius 2 is 1.87 bits per heavy atom. The number of imide groups is 1. The van der Waals surface area contributed by atoms with E-state index < -0.39 is 29.6 Å². The van der Waals surface area contributed by atoms with Crippen LogP contribution < -0.4 is 4.74 Å². The van der Waals surface area contributed by atoms with Crippen molar-refractivity contribution in [3.63, 3.8) is 0 Å². The predicted molar refractivity (Wildman–Crippen MR) is 134 cm³/mol. The van der Waals surface area contributed by atoms with E-state index >= 15 is 0 Å². The van der Waals surface area contributed by atoms with Gasteiger partial charge in [-0.05, 0) is 44.2 Å². The minimum atomic E-state index is -0.994. The molecule has 1 fully saturated rings. The van der Waals surface area contributed by atoms with E-state index in [-0.39, 0.29) is 62.4 Å². The molecule has 1 aliphatic heterocycles.